The van der Waals surface area contributed by atoms with Gasteiger partial charge in [0.2, 0.25) is 0 Å². The van der Waals surface area contributed by atoms with Gasteiger partial charge in [-0.3, -0.25) is 0 Å². The minimum atomic E-state index is 0.453. The molecule has 3 aromatic rings. The van der Waals surface area contributed by atoms with Gasteiger partial charge in [-0.15, -0.1) is 0 Å². The third-order valence-electron chi connectivity index (χ3n) is 3.13. The lowest BCUT2D eigenvalue weighted by Gasteiger charge is -2.10. The fourth-order valence-electron chi connectivity index (χ4n) is 1.96. The molecule has 0 spiro atoms. The van der Waals surface area contributed by atoms with E-state index in [1.807, 2.05) is 0 Å². The Kier molecular flexibility index (Phi) is 4.26. The maximum atomic E-state index is 6.25. The fourth-order valence-corrected chi connectivity index (χ4v) is 2.17. The molecule has 0 aliphatic carbocycles. The Labute approximate surface area is 139 Å². The molecule has 0 fully saturated rings. The number of nitrogen functional groups attached to an aromatic ring is 2. The Balaban J connectivity index is 1.75. The first-order valence-corrected chi connectivity index (χ1v) is 7.34. The first kappa shape index (κ1) is 15.1. The van der Waals surface area contributed by atoms with Crippen molar-refractivity contribution in [3.63, 3.8) is 0 Å². The van der Waals surface area contributed by atoms with Gasteiger partial charge in [-0.1, -0.05) is 11.6 Å². The Morgan fingerprint density at radius 2 is 1.09 bits per heavy atom. The lowest BCUT2D eigenvalue weighted by Crippen LogP contribution is -1.89. The predicted molar refractivity (Wildman–Crippen MR) is 93.3 cm³/mol. The summed E-state index contributed by atoms with van der Waals surface area (Å²) in [4.78, 5) is 0. The van der Waals surface area contributed by atoms with Crippen molar-refractivity contribution < 1.29 is 9.47 Å². The summed E-state index contributed by atoms with van der Waals surface area (Å²) >= 11 is 6.25. The second-order valence-corrected chi connectivity index (χ2v) is 5.34. The predicted octanol–water partition coefficient (Wildman–Crippen LogP) is 5.09. The van der Waals surface area contributed by atoms with E-state index in [9.17, 15) is 0 Å². The molecule has 0 aromatic heterocycles. The molecule has 3 rings (SSSR count). The highest BCUT2D eigenvalue weighted by atomic mass is 35.5. The van der Waals surface area contributed by atoms with Crippen LogP contribution in [0, 0.1) is 0 Å². The fraction of sp³-hybridized carbons (Fsp3) is 0. The van der Waals surface area contributed by atoms with Gasteiger partial charge >= 0.3 is 0 Å². The van der Waals surface area contributed by atoms with Gasteiger partial charge in [-0.2, -0.15) is 0 Å². The van der Waals surface area contributed by atoms with Crippen LogP contribution in [0.2, 0.25) is 5.02 Å². The standard InChI is InChI=1S/C18H15ClN2O2/c19-17-11-16(22-14-5-1-12(20)2-6-14)9-10-18(17)23-15-7-3-13(21)4-8-15/h1-11H,20-21H2. The van der Waals surface area contributed by atoms with Crippen LogP contribution < -0.4 is 20.9 Å². The summed E-state index contributed by atoms with van der Waals surface area (Å²) in [5.41, 5.74) is 12.7. The molecule has 0 aliphatic rings. The molecule has 0 unspecified atom stereocenters. The van der Waals surface area contributed by atoms with Gasteiger partial charge in [0.15, 0.2) is 0 Å². The average molecular weight is 327 g/mol. The van der Waals surface area contributed by atoms with Crippen LogP contribution in [0.5, 0.6) is 23.0 Å². The minimum Gasteiger partial charge on any atom is -0.457 e. The van der Waals surface area contributed by atoms with Crippen molar-refractivity contribution in [2.75, 3.05) is 11.5 Å². The minimum absolute atomic E-state index is 0.453. The van der Waals surface area contributed by atoms with Crippen LogP contribution in [0.15, 0.2) is 66.7 Å². The maximum Gasteiger partial charge on any atom is 0.146 e. The van der Waals surface area contributed by atoms with Crippen LogP contribution in [-0.2, 0) is 0 Å². The Morgan fingerprint density at radius 3 is 1.61 bits per heavy atom. The Morgan fingerprint density at radius 1 is 0.609 bits per heavy atom. The topological polar surface area (TPSA) is 70.5 Å². The van der Waals surface area contributed by atoms with Crippen molar-refractivity contribution in [1.82, 2.24) is 0 Å². The molecule has 116 valence electrons. The summed E-state index contributed by atoms with van der Waals surface area (Å²) < 4.78 is 11.4. The van der Waals surface area contributed by atoms with Crippen LogP contribution in [0.3, 0.4) is 0 Å². The molecule has 0 heterocycles. The van der Waals surface area contributed by atoms with Crippen molar-refractivity contribution in [2.24, 2.45) is 0 Å². The van der Waals surface area contributed by atoms with Crippen molar-refractivity contribution in [1.29, 1.82) is 0 Å². The molecule has 0 aliphatic heterocycles. The monoisotopic (exact) mass is 326 g/mol. The lowest BCUT2D eigenvalue weighted by molar-refractivity contribution is 0.469. The SMILES string of the molecule is Nc1ccc(Oc2ccc(Oc3ccc(N)cc3)c(Cl)c2)cc1. The number of hydrogen-bond acceptors (Lipinski definition) is 4. The molecule has 4 N–H and O–H groups in total. The van der Waals surface area contributed by atoms with Crippen LogP contribution in [0.25, 0.3) is 0 Å². The number of ether oxygens (including phenoxy) is 2. The Hall–Kier alpha value is -2.85. The maximum absolute atomic E-state index is 6.25. The highest BCUT2D eigenvalue weighted by Gasteiger charge is 2.06. The van der Waals surface area contributed by atoms with Crippen molar-refractivity contribution in [3.05, 3.63) is 71.8 Å². The molecule has 0 saturated heterocycles. The summed E-state index contributed by atoms with van der Waals surface area (Å²) in [5.74, 6) is 2.50. The molecular weight excluding hydrogens is 312 g/mol. The largest absolute Gasteiger partial charge is 0.457 e. The third kappa shape index (κ3) is 3.87. The smallest absolute Gasteiger partial charge is 0.146 e. The summed E-state index contributed by atoms with van der Waals surface area (Å²) in [6.45, 7) is 0. The van der Waals surface area contributed by atoms with E-state index in [-0.39, 0.29) is 0 Å². The summed E-state index contributed by atoms with van der Waals surface area (Å²) in [7, 11) is 0. The third-order valence-corrected chi connectivity index (χ3v) is 3.42. The molecule has 23 heavy (non-hydrogen) atoms. The quantitative estimate of drug-likeness (QED) is 0.655. The normalized spacial score (nSPS) is 10.3. The number of rotatable bonds is 4. The number of benzene rings is 3. The summed E-state index contributed by atoms with van der Waals surface area (Å²) in [6.07, 6.45) is 0. The second-order valence-electron chi connectivity index (χ2n) is 4.93. The van der Waals surface area contributed by atoms with E-state index >= 15 is 0 Å². The van der Waals surface area contributed by atoms with Gasteiger partial charge in [0.05, 0.1) is 5.02 Å². The van der Waals surface area contributed by atoms with Crippen molar-refractivity contribution in [2.45, 2.75) is 0 Å². The van der Waals surface area contributed by atoms with Crippen LogP contribution in [-0.4, -0.2) is 0 Å². The van der Waals surface area contributed by atoms with Gasteiger partial charge in [-0.05, 0) is 60.7 Å². The zero-order valence-electron chi connectivity index (χ0n) is 12.2. The molecule has 0 bridgehead atoms. The van der Waals surface area contributed by atoms with E-state index in [4.69, 9.17) is 32.5 Å². The van der Waals surface area contributed by atoms with E-state index in [1.165, 1.54) is 0 Å². The van der Waals surface area contributed by atoms with Crippen LogP contribution in [0.1, 0.15) is 0 Å². The summed E-state index contributed by atoms with van der Waals surface area (Å²) in [5, 5.41) is 0.453. The lowest BCUT2D eigenvalue weighted by atomic mass is 10.3. The number of anilines is 2. The highest BCUT2D eigenvalue weighted by Crippen LogP contribution is 2.34. The van der Waals surface area contributed by atoms with Gasteiger partial charge in [-0.25, -0.2) is 0 Å². The van der Waals surface area contributed by atoms with Crippen molar-refractivity contribution in [3.8, 4) is 23.0 Å². The molecular formula is C18H15ClN2O2. The molecule has 3 aromatic carbocycles. The van der Waals surface area contributed by atoms with Crippen LogP contribution in [0.4, 0.5) is 11.4 Å². The van der Waals surface area contributed by atoms with E-state index in [0.717, 1.165) is 0 Å². The van der Waals surface area contributed by atoms with Gasteiger partial charge in [0, 0.05) is 17.4 Å². The molecule has 0 radical (unpaired) electrons. The molecule has 0 saturated carbocycles. The van der Waals surface area contributed by atoms with Crippen molar-refractivity contribution >= 4 is 23.0 Å². The first-order chi connectivity index (χ1) is 11.1. The van der Waals surface area contributed by atoms with E-state index < -0.39 is 0 Å². The zero-order chi connectivity index (χ0) is 16.2. The summed E-state index contributed by atoms with van der Waals surface area (Å²) in [6, 6.07) is 19.5. The molecule has 0 amide bonds. The highest BCUT2D eigenvalue weighted by molar-refractivity contribution is 6.32. The molecule has 4 nitrogen and oxygen atoms in total. The zero-order valence-corrected chi connectivity index (χ0v) is 13.0. The number of halogens is 1. The van der Waals surface area contributed by atoms with Gasteiger partial charge in [0.25, 0.3) is 0 Å². The Bertz CT molecular complexity index is 802. The van der Waals surface area contributed by atoms with E-state index in [0.29, 0.717) is 39.4 Å². The number of nitrogens with two attached hydrogens (primary N) is 2. The van der Waals surface area contributed by atoms with E-state index in [2.05, 4.69) is 0 Å². The molecule has 5 heteroatoms. The number of hydrogen-bond donors (Lipinski definition) is 2. The second kappa shape index (κ2) is 6.50. The van der Waals surface area contributed by atoms with Gasteiger partial charge < -0.3 is 20.9 Å². The van der Waals surface area contributed by atoms with E-state index in [1.54, 1.807) is 66.7 Å². The molecule has 0 atom stereocenters. The van der Waals surface area contributed by atoms with Crippen LogP contribution >= 0.6 is 11.6 Å². The average Bonchev–Trinajstić information content (AvgIpc) is 2.54. The van der Waals surface area contributed by atoms with Gasteiger partial charge in [0.1, 0.15) is 23.0 Å². The first-order valence-electron chi connectivity index (χ1n) is 6.96.